The van der Waals surface area contributed by atoms with E-state index >= 15 is 0 Å². The number of ether oxygens (including phenoxy) is 1. The molecule has 4 nitrogen and oxygen atoms in total. The lowest BCUT2D eigenvalue weighted by molar-refractivity contribution is -0.165. The van der Waals surface area contributed by atoms with Gasteiger partial charge in [-0.3, -0.25) is 4.90 Å². The standard InChI is InChI=1S/C14H16F3NO3/c1-13(21-7-12(19)20)8-18(9-13)6-10-3-2-4-11(5-10)14(15,16)17/h2-5H,6-9H2,1H3,(H,19,20). The summed E-state index contributed by atoms with van der Waals surface area (Å²) in [5.41, 5.74) is -0.629. The zero-order valence-electron chi connectivity index (χ0n) is 11.5. The van der Waals surface area contributed by atoms with Crippen LogP contribution in [0.2, 0.25) is 0 Å². The fourth-order valence-corrected chi connectivity index (χ4v) is 2.44. The van der Waals surface area contributed by atoms with Crippen LogP contribution in [-0.4, -0.2) is 41.3 Å². The number of hydrogen-bond donors (Lipinski definition) is 1. The van der Waals surface area contributed by atoms with Gasteiger partial charge in [-0.05, 0) is 18.6 Å². The maximum absolute atomic E-state index is 12.6. The Kier molecular flexibility index (Phi) is 4.25. The minimum Gasteiger partial charge on any atom is -0.480 e. The normalized spacial score (nSPS) is 18.3. The average Bonchev–Trinajstić information content (AvgIpc) is 2.34. The van der Waals surface area contributed by atoms with Crippen molar-refractivity contribution in [1.29, 1.82) is 0 Å². The number of carboxylic acids is 1. The predicted molar refractivity (Wildman–Crippen MR) is 68.7 cm³/mol. The third kappa shape index (κ3) is 4.18. The van der Waals surface area contributed by atoms with Gasteiger partial charge in [0.1, 0.15) is 6.61 Å². The third-order valence-electron chi connectivity index (χ3n) is 3.32. The van der Waals surface area contributed by atoms with Gasteiger partial charge in [-0.1, -0.05) is 18.2 Å². The molecule has 0 aliphatic carbocycles. The quantitative estimate of drug-likeness (QED) is 0.907. The number of aliphatic carboxylic acids is 1. The smallest absolute Gasteiger partial charge is 0.416 e. The molecule has 2 rings (SSSR count). The van der Waals surface area contributed by atoms with Gasteiger partial charge < -0.3 is 9.84 Å². The highest BCUT2D eigenvalue weighted by Gasteiger charge is 2.40. The Hall–Kier alpha value is -1.60. The monoisotopic (exact) mass is 303 g/mol. The number of carboxylic acid groups (broad SMARTS) is 1. The molecule has 0 bridgehead atoms. The molecular formula is C14H16F3NO3. The van der Waals surface area contributed by atoms with Crippen molar-refractivity contribution in [2.75, 3.05) is 19.7 Å². The van der Waals surface area contributed by atoms with E-state index in [-0.39, 0.29) is 6.61 Å². The van der Waals surface area contributed by atoms with Crippen molar-refractivity contribution in [3.63, 3.8) is 0 Å². The Bertz CT molecular complexity index is 524. The first-order chi connectivity index (χ1) is 9.68. The summed E-state index contributed by atoms with van der Waals surface area (Å²) in [6, 6.07) is 5.20. The molecule has 0 amide bonds. The Morgan fingerprint density at radius 1 is 1.43 bits per heavy atom. The molecule has 116 valence electrons. The minimum atomic E-state index is -4.34. The summed E-state index contributed by atoms with van der Waals surface area (Å²) < 4.78 is 43.1. The molecule has 0 unspecified atom stereocenters. The Morgan fingerprint density at radius 2 is 2.10 bits per heavy atom. The first-order valence-electron chi connectivity index (χ1n) is 6.42. The Morgan fingerprint density at radius 3 is 2.67 bits per heavy atom. The number of nitrogens with zero attached hydrogens (tertiary/aromatic N) is 1. The third-order valence-corrected chi connectivity index (χ3v) is 3.32. The first-order valence-corrected chi connectivity index (χ1v) is 6.42. The molecule has 0 radical (unpaired) electrons. The topological polar surface area (TPSA) is 49.8 Å². The van der Waals surface area contributed by atoms with E-state index in [1.807, 2.05) is 4.90 Å². The van der Waals surface area contributed by atoms with E-state index in [4.69, 9.17) is 9.84 Å². The SMILES string of the molecule is CC1(OCC(=O)O)CN(Cc2cccc(C(F)(F)F)c2)C1. The Labute approximate surface area is 120 Å². The number of alkyl halides is 3. The highest BCUT2D eigenvalue weighted by Crippen LogP contribution is 2.31. The van der Waals surface area contributed by atoms with Crippen LogP contribution in [0.15, 0.2) is 24.3 Å². The molecule has 1 N–H and O–H groups in total. The van der Waals surface area contributed by atoms with Crippen LogP contribution in [0.4, 0.5) is 13.2 Å². The van der Waals surface area contributed by atoms with Crippen molar-refractivity contribution < 1.29 is 27.8 Å². The molecule has 1 saturated heterocycles. The van der Waals surface area contributed by atoms with Gasteiger partial charge in [0.05, 0.1) is 11.2 Å². The molecule has 1 aromatic carbocycles. The highest BCUT2D eigenvalue weighted by molar-refractivity contribution is 5.68. The second-order valence-corrected chi connectivity index (χ2v) is 5.48. The van der Waals surface area contributed by atoms with Gasteiger partial charge in [0.25, 0.3) is 0 Å². The van der Waals surface area contributed by atoms with E-state index in [1.54, 1.807) is 13.0 Å². The maximum Gasteiger partial charge on any atom is 0.416 e. The molecule has 1 aromatic rings. The summed E-state index contributed by atoms with van der Waals surface area (Å²) in [6.45, 7) is 2.80. The number of benzene rings is 1. The molecule has 1 aliphatic heterocycles. The van der Waals surface area contributed by atoms with Gasteiger partial charge in [0.15, 0.2) is 0 Å². The summed E-state index contributed by atoms with van der Waals surface area (Å²) >= 11 is 0. The lowest BCUT2D eigenvalue weighted by Gasteiger charge is -2.47. The minimum absolute atomic E-state index is 0.367. The van der Waals surface area contributed by atoms with E-state index in [1.165, 1.54) is 6.07 Å². The average molecular weight is 303 g/mol. The van der Waals surface area contributed by atoms with E-state index in [9.17, 15) is 18.0 Å². The zero-order chi connectivity index (χ0) is 15.7. The van der Waals surface area contributed by atoms with Gasteiger partial charge in [-0.25, -0.2) is 4.79 Å². The van der Waals surface area contributed by atoms with Crippen molar-refractivity contribution >= 4 is 5.97 Å². The van der Waals surface area contributed by atoms with E-state index in [0.717, 1.165) is 12.1 Å². The van der Waals surface area contributed by atoms with Crippen LogP contribution in [0.1, 0.15) is 18.1 Å². The second kappa shape index (κ2) is 5.65. The summed E-state index contributed by atoms with van der Waals surface area (Å²) in [5, 5.41) is 8.56. The maximum atomic E-state index is 12.6. The van der Waals surface area contributed by atoms with Crippen molar-refractivity contribution in [3.8, 4) is 0 Å². The van der Waals surface area contributed by atoms with Crippen LogP contribution in [0.3, 0.4) is 0 Å². The molecule has 1 heterocycles. The fraction of sp³-hybridized carbons (Fsp3) is 0.500. The molecule has 0 spiro atoms. The summed E-state index contributed by atoms with van der Waals surface area (Å²) in [4.78, 5) is 12.4. The van der Waals surface area contributed by atoms with Crippen LogP contribution in [0, 0.1) is 0 Å². The van der Waals surface area contributed by atoms with Crippen LogP contribution < -0.4 is 0 Å². The van der Waals surface area contributed by atoms with Crippen molar-refractivity contribution in [2.24, 2.45) is 0 Å². The van der Waals surface area contributed by atoms with E-state index in [0.29, 0.717) is 25.2 Å². The molecule has 21 heavy (non-hydrogen) atoms. The van der Waals surface area contributed by atoms with Gasteiger partial charge in [-0.15, -0.1) is 0 Å². The van der Waals surface area contributed by atoms with Crippen LogP contribution >= 0.6 is 0 Å². The summed E-state index contributed by atoms with van der Waals surface area (Å²) in [5.74, 6) is -1.03. The number of halogens is 3. The number of hydrogen-bond acceptors (Lipinski definition) is 3. The molecule has 0 saturated carbocycles. The van der Waals surface area contributed by atoms with Gasteiger partial charge in [-0.2, -0.15) is 13.2 Å². The number of likely N-dealkylation sites (tertiary alicyclic amines) is 1. The molecule has 7 heteroatoms. The molecular weight excluding hydrogens is 287 g/mol. The molecule has 0 atom stereocenters. The van der Waals surface area contributed by atoms with Crippen LogP contribution in [-0.2, 0) is 22.3 Å². The molecule has 1 fully saturated rings. The van der Waals surface area contributed by atoms with Crippen LogP contribution in [0.5, 0.6) is 0 Å². The molecule has 0 aromatic heterocycles. The van der Waals surface area contributed by atoms with Crippen molar-refractivity contribution in [3.05, 3.63) is 35.4 Å². The lowest BCUT2D eigenvalue weighted by atomic mass is 9.95. The predicted octanol–water partition coefficient (Wildman–Crippen LogP) is 2.38. The van der Waals surface area contributed by atoms with E-state index in [2.05, 4.69) is 0 Å². The molecule has 1 aliphatic rings. The van der Waals surface area contributed by atoms with Crippen molar-refractivity contribution in [2.45, 2.75) is 25.2 Å². The number of rotatable bonds is 5. The van der Waals surface area contributed by atoms with Gasteiger partial charge in [0, 0.05) is 19.6 Å². The van der Waals surface area contributed by atoms with Gasteiger partial charge in [0.2, 0.25) is 0 Å². The summed E-state index contributed by atoms with van der Waals surface area (Å²) in [7, 11) is 0. The van der Waals surface area contributed by atoms with E-state index < -0.39 is 23.3 Å². The Balaban J connectivity index is 1.89. The van der Waals surface area contributed by atoms with Crippen molar-refractivity contribution in [1.82, 2.24) is 4.90 Å². The second-order valence-electron chi connectivity index (χ2n) is 5.48. The highest BCUT2D eigenvalue weighted by atomic mass is 19.4. The number of carbonyl (C=O) groups is 1. The zero-order valence-corrected chi connectivity index (χ0v) is 11.5. The van der Waals surface area contributed by atoms with Crippen LogP contribution in [0.25, 0.3) is 0 Å². The summed E-state index contributed by atoms with van der Waals surface area (Å²) in [6.07, 6.45) is -4.34. The van der Waals surface area contributed by atoms with Gasteiger partial charge >= 0.3 is 12.1 Å². The first kappa shape index (κ1) is 15.8. The lowest BCUT2D eigenvalue weighted by Crippen LogP contribution is -2.61. The fourth-order valence-electron chi connectivity index (χ4n) is 2.44. The largest absolute Gasteiger partial charge is 0.480 e.